The van der Waals surface area contributed by atoms with E-state index in [0.29, 0.717) is 5.69 Å². The van der Waals surface area contributed by atoms with E-state index in [1.165, 1.54) is 18.2 Å². The molecule has 1 aromatic carbocycles. The summed E-state index contributed by atoms with van der Waals surface area (Å²) in [6.07, 6.45) is 0. The van der Waals surface area contributed by atoms with Crippen LogP contribution in [0.1, 0.15) is 2.74 Å². The highest BCUT2D eigenvalue weighted by atomic mass is 14.9. The van der Waals surface area contributed by atoms with Gasteiger partial charge in [-0.25, -0.2) is 0 Å². The summed E-state index contributed by atoms with van der Waals surface area (Å²) in [5.74, 6) is 0. The lowest BCUT2D eigenvalue weighted by Gasteiger charge is -1.82. The van der Waals surface area contributed by atoms with Crippen LogP contribution in [0, 0.1) is 0 Å². The zero-order valence-corrected chi connectivity index (χ0v) is 4.18. The lowest BCUT2D eigenvalue weighted by atomic mass is 10.3. The molecule has 0 unspecified atom stereocenters. The minimum Gasteiger partial charge on any atom is -0.502 e. The van der Waals surface area contributed by atoms with Gasteiger partial charge in [0.1, 0.15) is 0 Å². The molecule has 0 aliphatic carbocycles. The highest BCUT2D eigenvalue weighted by molar-refractivity contribution is 5.26. The van der Waals surface area contributed by atoms with Crippen molar-refractivity contribution in [2.45, 2.75) is 0 Å². The van der Waals surface area contributed by atoms with Gasteiger partial charge in [-0.1, -0.05) is 18.2 Å². The first kappa shape index (κ1) is 2.97. The molecule has 0 fully saturated rings. The van der Waals surface area contributed by atoms with Crippen molar-refractivity contribution >= 4 is 5.69 Å². The van der Waals surface area contributed by atoms with Gasteiger partial charge in [-0.2, -0.15) is 0 Å². The number of benzene rings is 1. The van der Waals surface area contributed by atoms with Crippen molar-refractivity contribution in [1.29, 1.82) is 0 Å². The fourth-order valence-electron chi connectivity index (χ4n) is 0.417. The first-order chi connectivity index (χ1) is 4.74. The van der Waals surface area contributed by atoms with Gasteiger partial charge in [0.15, 0.2) is 5.69 Å². The minimum absolute atomic E-state index is 0.120. The largest absolute Gasteiger partial charge is 0.502 e. The highest BCUT2D eigenvalue weighted by Crippen LogP contribution is 1.93. The number of para-hydroxylation sites is 1. The number of hydrogen-bond acceptors (Lipinski definition) is 0. The normalized spacial score (nSPS) is 12.0. The molecular formula is C6H6N2. The van der Waals surface area contributed by atoms with Crippen LogP contribution in [0.4, 0.5) is 5.69 Å². The smallest absolute Gasteiger partial charge is 0.192 e. The maximum Gasteiger partial charge on any atom is 0.192 e. The Balaban J connectivity index is 3.19. The zero-order chi connectivity index (χ0) is 7.56. The van der Waals surface area contributed by atoms with Crippen LogP contribution in [-0.4, -0.2) is 0 Å². The average Bonchev–Trinajstić information content (AvgIpc) is 1.88. The monoisotopic (exact) mass is 108 g/mol. The van der Waals surface area contributed by atoms with Crippen LogP contribution in [0.25, 0.3) is 5.53 Å². The maximum absolute atomic E-state index is 8.38. The Labute approximate surface area is 50.5 Å². The maximum atomic E-state index is 8.38. The van der Waals surface area contributed by atoms with Crippen molar-refractivity contribution in [2.24, 2.45) is 0 Å². The molecular weight excluding hydrogens is 100 g/mol. The second-order valence-corrected chi connectivity index (χ2v) is 1.31. The second-order valence-electron chi connectivity index (χ2n) is 1.31. The Bertz CT molecular complexity index is 260. The number of rotatable bonds is 1. The molecule has 0 heterocycles. The van der Waals surface area contributed by atoms with Gasteiger partial charge in [0.25, 0.3) is 0 Å². The Kier molecular flexibility index (Phi) is 0.821. The van der Waals surface area contributed by atoms with Crippen LogP contribution in [0.3, 0.4) is 0 Å². The number of hydrogen-bond donors (Lipinski definition) is 1. The predicted molar refractivity (Wildman–Crippen MR) is 30.4 cm³/mol. The fraction of sp³-hybridized carbons (Fsp3) is 0. The molecule has 8 heavy (non-hydrogen) atoms. The average molecular weight is 108 g/mol. The van der Waals surface area contributed by atoms with E-state index in [-0.39, 0.29) is 12.1 Å². The minimum atomic E-state index is 0.120. The second kappa shape index (κ2) is 2.21. The van der Waals surface area contributed by atoms with Crippen molar-refractivity contribution in [1.82, 2.24) is 0 Å². The molecule has 0 saturated heterocycles. The molecule has 0 saturated carbocycles. The van der Waals surface area contributed by atoms with Crippen LogP contribution in [0.2, 0.25) is 0 Å². The molecule has 1 aromatic rings. The Hall–Kier alpha value is -1.18. The molecule has 1 rings (SSSR count). The van der Waals surface area contributed by atoms with E-state index in [0.717, 1.165) is 0 Å². The molecule has 0 aliphatic heterocycles. The Morgan fingerprint density at radius 3 is 3.12 bits per heavy atom. The van der Waals surface area contributed by atoms with E-state index in [4.69, 9.17) is 8.27 Å². The molecule has 0 bridgehead atoms. The van der Waals surface area contributed by atoms with Crippen molar-refractivity contribution < 1.29 is 7.86 Å². The number of nitrogens with zero attached hydrogens (tertiary/aromatic N) is 1. The predicted octanol–water partition coefficient (Wildman–Crippen LogP) is 0.420. The van der Waals surface area contributed by atoms with Crippen molar-refractivity contribution in [3.63, 3.8) is 0 Å². The summed E-state index contributed by atoms with van der Waals surface area (Å²) < 4.78 is 14.2. The first-order valence-corrected chi connectivity index (χ1v) is 2.21. The lowest BCUT2D eigenvalue weighted by molar-refractivity contribution is -0.379. The molecule has 0 aromatic heterocycles. The Morgan fingerprint density at radius 2 is 2.50 bits per heavy atom. The Morgan fingerprint density at radius 1 is 1.62 bits per heavy atom. The molecule has 1 N–H and O–H groups in total. The number of nitrogens with one attached hydrogen (secondary N) is 1. The third-order valence-corrected chi connectivity index (χ3v) is 0.778. The van der Waals surface area contributed by atoms with Crippen molar-refractivity contribution in [3.8, 4) is 0 Å². The van der Waals surface area contributed by atoms with Crippen LogP contribution in [-0.2, 0) is 0 Å². The van der Waals surface area contributed by atoms with Crippen LogP contribution in [0.15, 0.2) is 30.3 Å². The van der Waals surface area contributed by atoms with Crippen molar-refractivity contribution in [3.05, 3.63) is 35.8 Å². The molecule has 0 amide bonds. The third kappa shape index (κ3) is 0.904. The van der Waals surface area contributed by atoms with Gasteiger partial charge in [-0.15, -0.1) is 0 Å². The molecule has 2 heteroatoms. The quantitative estimate of drug-likeness (QED) is 0.506. The summed E-state index contributed by atoms with van der Waals surface area (Å²) >= 11 is 0. The van der Waals surface area contributed by atoms with E-state index in [2.05, 4.69) is 0 Å². The van der Waals surface area contributed by atoms with Gasteiger partial charge in [0.05, 0.1) is 2.74 Å². The van der Waals surface area contributed by atoms with Gasteiger partial charge in [-0.3, -0.25) is 5.11 Å². The molecule has 0 spiro atoms. The highest BCUT2D eigenvalue weighted by Gasteiger charge is 1.81. The molecule has 0 radical (unpaired) electrons. The van der Waals surface area contributed by atoms with E-state index in [1.807, 2.05) is 5.11 Å². The van der Waals surface area contributed by atoms with Crippen LogP contribution >= 0.6 is 0 Å². The fourth-order valence-corrected chi connectivity index (χ4v) is 0.417. The molecule has 2 nitrogen and oxygen atoms in total. The summed E-state index contributed by atoms with van der Waals surface area (Å²) in [5, 5.41) is 1.85. The van der Waals surface area contributed by atoms with Gasteiger partial charge >= 0.3 is 0 Å². The molecule has 40 valence electrons. The molecule has 0 aliphatic rings. The topological polar surface area (TPSA) is 36.3 Å². The van der Waals surface area contributed by atoms with E-state index < -0.39 is 0 Å². The third-order valence-electron chi connectivity index (χ3n) is 0.778. The van der Waals surface area contributed by atoms with Gasteiger partial charge in [-0.05, 0) is 0 Å². The van der Waals surface area contributed by atoms with Crippen LogP contribution in [0.5, 0.6) is 0 Å². The van der Waals surface area contributed by atoms with Gasteiger partial charge in [0.2, 0.25) is 0 Å². The van der Waals surface area contributed by atoms with Gasteiger partial charge in [0, 0.05) is 12.1 Å². The molecule has 0 atom stereocenters. The van der Waals surface area contributed by atoms with Gasteiger partial charge < -0.3 is 5.53 Å². The first-order valence-electron chi connectivity index (χ1n) is 3.21. The summed E-state index contributed by atoms with van der Waals surface area (Å²) in [5.41, 5.74) is 8.69. The van der Waals surface area contributed by atoms with E-state index in [9.17, 15) is 0 Å². The van der Waals surface area contributed by atoms with E-state index in [1.54, 1.807) is 0 Å². The standard InChI is InChI=1S/C6H6N2/c7-8-6-4-2-1-3-5-6/h1-5,8H/i1D,4D. The zero-order valence-electron chi connectivity index (χ0n) is 6.18. The SMILES string of the molecule is [2H]c1ccc([NH+]=[N-])c([2H])c1. The summed E-state index contributed by atoms with van der Waals surface area (Å²) in [6.45, 7) is 0. The van der Waals surface area contributed by atoms with E-state index >= 15 is 0 Å². The summed E-state index contributed by atoms with van der Waals surface area (Å²) in [6, 6.07) is 4.71. The summed E-state index contributed by atoms with van der Waals surface area (Å²) in [4.78, 5) is 0. The van der Waals surface area contributed by atoms with Crippen LogP contribution < -0.4 is 5.11 Å². The lowest BCUT2D eigenvalue weighted by Crippen LogP contribution is -2.54. The summed E-state index contributed by atoms with van der Waals surface area (Å²) in [7, 11) is 0. The van der Waals surface area contributed by atoms with Crippen molar-refractivity contribution in [2.75, 3.05) is 0 Å².